The number of carbonyl (C=O) groups excluding carboxylic acids is 1. The van der Waals surface area contributed by atoms with Gasteiger partial charge in [-0.3, -0.25) is 4.79 Å². The third kappa shape index (κ3) is 1.79. The van der Waals surface area contributed by atoms with Gasteiger partial charge in [0.25, 0.3) is 5.91 Å². The van der Waals surface area contributed by atoms with Gasteiger partial charge in [0.1, 0.15) is 6.73 Å². The Kier molecular flexibility index (Phi) is 2.92. The van der Waals surface area contributed by atoms with Crippen molar-refractivity contribution in [2.45, 2.75) is 0 Å². The van der Waals surface area contributed by atoms with Crippen LogP contribution in [0.1, 0.15) is 10.4 Å². The van der Waals surface area contributed by atoms with Crippen molar-refractivity contribution < 1.29 is 9.53 Å². The summed E-state index contributed by atoms with van der Waals surface area (Å²) in [6.07, 6.45) is 1.83. The van der Waals surface area contributed by atoms with E-state index in [0.717, 1.165) is 10.9 Å². The van der Waals surface area contributed by atoms with Gasteiger partial charge in [-0.25, -0.2) is 0 Å². The van der Waals surface area contributed by atoms with Gasteiger partial charge in [-0.05, 0) is 6.07 Å². The number of para-hydroxylation sites is 1. The lowest BCUT2D eigenvalue weighted by Gasteiger charge is -2.01. The van der Waals surface area contributed by atoms with Crippen LogP contribution in [0.25, 0.3) is 10.9 Å². The Labute approximate surface area is 93.8 Å². The van der Waals surface area contributed by atoms with E-state index in [2.05, 4.69) is 5.32 Å². The first-order valence-corrected chi connectivity index (χ1v) is 5.05. The van der Waals surface area contributed by atoms with Crippen LogP contribution in [0.5, 0.6) is 0 Å². The molecule has 2 aromatic rings. The van der Waals surface area contributed by atoms with Crippen molar-refractivity contribution in [1.82, 2.24) is 9.88 Å². The minimum absolute atomic E-state index is 0.112. The molecular weight excluding hydrogens is 204 g/mol. The first-order valence-electron chi connectivity index (χ1n) is 5.05. The Bertz CT molecular complexity index is 517. The Hall–Kier alpha value is -1.81. The zero-order valence-corrected chi connectivity index (χ0v) is 9.36. The zero-order valence-electron chi connectivity index (χ0n) is 9.36. The number of aryl methyl sites for hydroxylation is 1. The average Bonchev–Trinajstić information content (AvgIpc) is 2.65. The number of aromatic nitrogens is 1. The van der Waals surface area contributed by atoms with Crippen molar-refractivity contribution in [3.8, 4) is 0 Å². The van der Waals surface area contributed by atoms with E-state index in [0.29, 0.717) is 5.56 Å². The Morgan fingerprint density at radius 3 is 2.94 bits per heavy atom. The fourth-order valence-electron chi connectivity index (χ4n) is 1.76. The van der Waals surface area contributed by atoms with Gasteiger partial charge in [0, 0.05) is 31.3 Å². The maximum atomic E-state index is 11.8. The standard InChI is InChI=1S/C12H14N2O2/c1-14-7-10(12(15)13-8-16-2)9-5-3-4-6-11(9)14/h3-7H,8H2,1-2H3,(H,13,15). The van der Waals surface area contributed by atoms with E-state index in [1.54, 1.807) is 7.11 Å². The summed E-state index contributed by atoms with van der Waals surface area (Å²) in [7, 11) is 3.47. The van der Waals surface area contributed by atoms with Crippen LogP contribution < -0.4 is 5.32 Å². The second kappa shape index (κ2) is 4.37. The van der Waals surface area contributed by atoms with Crippen LogP contribution in [0.2, 0.25) is 0 Å². The maximum Gasteiger partial charge on any atom is 0.255 e. The Balaban J connectivity index is 2.41. The molecule has 2 rings (SSSR count). The van der Waals surface area contributed by atoms with Gasteiger partial charge in [0.05, 0.1) is 5.56 Å². The summed E-state index contributed by atoms with van der Waals surface area (Å²) >= 11 is 0. The number of nitrogens with one attached hydrogen (secondary N) is 1. The largest absolute Gasteiger partial charge is 0.364 e. The van der Waals surface area contributed by atoms with Crippen molar-refractivity contribution in [1.29, 1.82) is 0 Å². The molecule has 1 aromatic carbocycles. The molecule has 1 aromatic heterocycles. The van der Waals surface area contributed by atoms with Gasteiger partial charge < -0.3 is 14.6 Å². The van der Waals surface area contributed by atoms with Crippen LogP contribution in [0.3, 0.4) is 0 Å². The number of amides is 1. The van der Waals surface area contributed by atoms with Crippen LogP contribution >= 0.6 is 0 Å². The van der Waals surface area contributed by atoms with Crippen molar-refractivity contribution in [2.75, 3.05) is 13.8 Å². The molecule has 0 aliphatic heterocycles. The minimum atomic E-state index is -0.112. The number of fused-ring (bicyclic) bond motifs is 1. The maximum absolute atomic E-state index is 11.8. The third-order valence-electron chi connectivity index (χ3n) is 2.52. The quantitative estimate of drug-likeness (QED) is 0.793. The van der Waals surface area contributed by atoms with Gasteiger partial charge >= 0.3 is 0 Å². The number of carbonyl (C=O) groups is 1. The molecule has 0 saturated heterocycles. The normalized spacial score (nSPS) is 10.6. The smallest absolute Gasteiger partial charge is 0.255 e. The lowest BCUT2D eigenvalue weighted by Crippen LogP contribution is -2.25. The van der Waals surface area contributed by atoms with Crippen LogP contribution in [-0.2, 0) is 11.8 Å². The first-order chi connectivity index (χ1) is 7.74. The summed E-state index contributed by atoms with van der Waals surface area (Å²) in [5.74, 6) is -0.112. The second-order valence-electron chi connectivity index (χ2n) is 3.61. The average molecular weight is 218 g/mol. The summed E-state index contributed by atoms with van der Waals surface area (Å²) in [6.45, 7) is 0.224. The topological polar surface area (TPSA) is 43.3 Å². The van der Waals surface area contributed by atoms with Gasteiger partial charge in [-0.1, -0.05) is 18.2 Å². The predicted molar refractivity (Wildman–Crippen MR) is 62.3 cm³/mol. The fraction of sp³-hybridized carbons (Fsp3) is 0.250. The van der Waals surface area contributed by atoms with Crippen molar-refractivity contribution in [3.05, 3.63) is 36.0 Å². The summed E-state index contributed by atoms with van der Waals surface area (Å²) in [5.41, 5.74) is 1.72. The highest BCUT2D eigenvalue weighted by Crippen LogP contribution is 2.19. The predicted octanol–water partition coefficient (Wildman–Crippen LogP) is 1.51. The number of rotatable bonds is 3. The molecule has 0 radical (unpaired) electrons. The van der Waals surface area contributed by atoms with Crippen LogP contribution in [0, 0.1) is 0 Å². The number of hydrogen-bond donors (Lipinski definition) is 1. The Morgan fingerprint density at radius 1 is 1.44 bits per heavy atom. The first kappa shape index (κ1) is 10.7. The van der Waals surface area contributed by atoms with Crippen LogP contribution in [0.15, 0.2) is 30.5 Å². The summed E-state index contributed by atoms with van der Waals surface area (Å²) < 4.78 is 6.76. The number of methoxy groups -OCH3 is 1. The molecular formula is C12H14N2O2. The molecule has 0 aliphatic carbocycles. The third-order valence-corrected chi connectivity index (χ3v) is 2.52. The molecule has 1 N–H and O–H groups in total. The molecule has 0 aliphatic rings. The molecule has 0 saturated carbocycles. The molecule has 0 unspecified atom stereocenters. The number of benzene rings is 1. The molecule has 0 fully saturated rings. The molecule has 16 heavy (non-hydrogen) atoms. The number of hydrogen-bond acceptors (Lipinski definition) is 2. The molecule has 0 atom stereocenters. The van der Waals surface area contributed by atoms with Gasteiger partial charge in [-0.15, -0.1) is 0 Å². The summed E-state index contributed by atoms with van der Waals surface area (Å²) in [6, 6.07) is 7.81. The zero-order chi connectivity index (χ0) is 11.5. The lowest BCUT2D eigenvalue weighted by molar-refractivity contribution is 0.0873. The number of nitrogens with zero attached hydrogens (tertiary/aromatic N) is 1. The SMILES string of the molecule is COCNC(=O)c1cn(C)c2ccccc12. The summed E-state index contributed by atoms with van der Waals surface area (Å²) in [4.78, 5) is 11.8. The molecule has 0 spiro atoms. The van der Waals surface area contributed by atoms with E-state index in [-0.39, 0.29) is 12.6 Å². The van der Waals surface area contributed by atoms with Gasteiger partial charge in [0.15, 0.2) is 0 Å². The van der Waals surface area contributed by atoms with Crippen LogP contribution in [-0.4, -0.2) is 24.3 Å². The van der Waals surface area contributed by atoms with E-state index < -0.39 is 0 Å². The monoisotopic (exact) mass is 218 g/mol. The minimum Gasteiger partial charge on any atom is -0.364 e. The highest BCUT2D eigenvalue weighted by Gasteiger charge is 2.12. The molecule has 4 heteroatoms. The molecule has 0 bridgehead atoms. The highest BCUT2D eigenvalue weighted by atomic mass is 16.5. The van der Waals surface area contributed by atoms with E-state index in [1.165, 1.54) is 0 Å². The Morgan fingerprint density at radius 2 is 2.19 bits per heavy atom. The fourth-order valence-corrected chi connectivity index (χ4v) is 1.76. The van der Waals surface area contributed by atoms with Crippen molar-refractivity contribution >= 4 is 16.8 Å². The van der Waals surface area contributed by atoms with Crippen molar-refractivity contribution in [2.24, 2.45) is 7.05 Å². The second-order valence-corrected chi connectivity index (χ2v) is 3.61. The van der Waals surface area contributed by atoms with Crippen molar-refractivity contribution in [3.63, 3.8) is 0 Å². The van der Waals surface area contributed by atoms with Crippen LogP contribution in [0.4, 0.5) is 0 Å². The highest BCUT2D eigenvalue weighted by molar-refractivity contribution is 6.06. The molecule has 84 valence electrons. The molecule has 1 heterocycles. The number of ether oxygens (including phenoxy) is 1. The van der Waals surface area contributed by atoms with E-state index >= 15 is 0 Å². The lowest BCUT2D eigenvalue weighted by atomic mass is 10.2. The molecule has 1 amide bonds. The molecule has 4 nitrogen and oxygen atoms in total. The van der Waals surface area contributed by atoms with Gasteiger partial charge in [0.2, 0.25) is 0 Å². The van der Waals surface area contributed by atoms with Gasteiger partial charge in [-0.2, -0.15) is 0 Å². The van der Waals surface area contributed by atoms with E-state index in [9.17, 15) is 4.79 Å². The van der Waals surface area contributed by atoms with E-state index in [4.69, 9.17) is 4.74 Å². The van der Waals surface area contributed by atoms with E-state index in [1.807, 2.05) is 42.1 Å². The summed E-state index contributed by atoms with van der Waals surface area (Å²) in [5, 5.41) is 3.64.